The highest BCUT2D eigenvalue weighted by Gasteiger charge is 2.30. The predicted molar refractivity (Wildman–Crippen MR) is 53.7 cm³/mol. The summed E-state index contributed by atoms with van der Waals surface area (Å²) in [5.41, 5.74) is -0.459. The van der Waals surface area contributed by atoms with Crippen molar-refractivity contribution in [3.63, 3.8) is 0 Å². The maximum atomic E-state index is 5.60. The molecular formula is C10H16N2O2. The molecule has 0 N–H and O–H groups in total. The number of ether oxygens (including phenoxy) is 1. The van der Waals surface area contributed by atoms with Crippen LogP contribution >= 0.6 is 0 Å². The Labute approximate surface area is 84.0 Å². The van der Waals surface area contributed by atoms with E-state index in [2.05, 4.69) is 16.7 Å². The third kappa shape index (κ3) is 2.01. The fourth-order valence-electron chi connectivity index (χ4n) is 1.18. The van der Waals surface area contributed by atoms with E-state index < -0.39 is 5.60 Å². The van der Waals surface area contributed by atoms with Gasteiger partial charge in [0.15, 0.2) is 0 Å². The quantitative estimate of drug-likeness (QED) is 0.725. The first-order chi connectivity index (χ1) is 6.66. The van der Waals surface area contributed by atoms with E-state index in [1.165, 1.54) is 6.08 Å². The van der Waals surface area contributed by atoms with Gasteiger partial charge >= 0.3 is 0 Å². The highest BCUT2D eigenvalue weighted by atomic mass is 16.5. The summed E-state index contributed by atoms with van der Waals surface area (Å²) < 4.78 is 10.6. The maximum absolute atomic E-state index is 5.60. The third-order valence-electron chi connectivity index (χ3n) is 2.23. The van der Waals surface area contributed by atoms with Crippen molar-refractivity contribution in [3.05, 3.63) is 18.3 Å². The van der Waals surface area contributed by atoms with Crippen LogP contribution in [0.1, 0.15) is 38.9 Å². The average Bonchev–Trinajstić information content (AvgIpc) is 2.66. The summed E-state index contributed by atoms with van der Waals surface area (Å²) in [5.74, 6) is 1.01. The zero-order chi connectivity index (χ0) is 10.6. The molecule has 1 heterocycles. The minimum Gasteiger partial charge on any atom is -0.367 e. The topological polar surface area (TPSA) is 48.2 Å². The molecule has 0 radical (unpaired) electrons. The second kappa shape index (κ2) is 4.37. The highest BCUT2D eigenvalue weighted by molar-refractivity contribution is 5.32. The first-order valence-electron chi connectivity index (χ1n) is 4.77. The summed E-state index contributed by atoms with van der Waals surface area (Å²) in [5, 5.41) is 3.87. The summed E-state index contributed by atoms with van der Waals surface area (Å²) >= 11 is 0. The Hall–Kier alpha value is -1.16. The van der Waals surface area contributed by atoms with E-state index in [-0.39, 0.29) is 0 Å². The molecule has 1 atom stereocenters. The molecule has 0 amide bonds. The molecule has 1 aromatic rings. The lowest BCUT2D eigenvalue weighted by molar-refractivity contribution is -0.0403. The lowest BCUT2D eigenvalue weighted by Gasteiger charge is -2.23. The summed E-state index contributed by atoms with van der Waals surface area (Å²) in [6.45, 7) is 10.1. The van der Waals surface area contributed by atoms with Gasteiger partial charge in [0.25, 0.3) is 0 Å². The van der Waals surface area contributed by atoms with Crippen molar-refractivity contribution in [2.75, 3.05) is 6.61 Å². The van der Waals surface area contributed by atoms with Gasteiger partial charge in [-0.1, -0.05) is 18.7 Å². The van der Waals surface area contributed by atoms with Crippen LogP contribution < -0.4 is 0 Å². The van der Waals surface area contributed by atoms with Crippen LogP contribution in [0.15, 0.2) is 11.1 Å². The zero-order valence-electron chi connectivity index (χ0n) is 8.91. The van der Waals surface area contributed by atoms with E-state index in [9.17, 15) is 0 Å². The highest BCUT2D eigenvalue weighted by Crippen LogP contribution is 2.26. The fraction of sp³-hybridized carbons (Fsp3) is 0.600. The minimum atomic E-state index is -0.459. The summed E-state index contributed by atoms with van der Waals surface area (Å²) in [7, 11) is 0. The molecule has 0 spiro atoms. The van der Waals surface area contributed by atoms with Crippen molar-refractivity contribution in [2.45, 2.75) is 32.8 Å². The number of rotatable bonds is 5. The van der Waals surface area contributed by atoms with Crippen LogP contribution in [0, 0.1) is 0 Å². The van der Waals surface area contributed by atoms with Gasteiger partial charge in [0, 0.05) is 6.61 Å². The summed E-state index contributed by atoms with van der Waals surface area (Å²) in [4.78, 5) is 4.17. The van der Waals surface area contributed by atoms with E-state index >= 15 is 0 Å². The number of hydrogen-bond acceptors (Lipinski definition) is 4. The van der Waals surface area contributed by atoms with Gasteiger partial charge in [-0.2, -0.15) is 4.98 Å². The second-order valence-corrected chi connectivity index (χ2v) is 3.18. The van der Waals surface area contributed by atoms with Crippen LogP contribution in [0.5, 0.6) is 0 Å². The Bertz CT molecular complexity index is 309. The van der Waals surface area contributed by atoms with Crippen molar-refractivity contribution in [1.29, 1.82) is 0 Å². The molecule has 0 aromatic carbocycles. The average molecular weight is 196 g/mol. The number of aromatic nitrogens is 2. The molecule has 0 aliphatic heterocycles. The lowest BCUT2D eigenvalue weighted by Crippen LogP contribution is -2.26. The minimum absolute atomic E-state index is 0.430. The van der Waals surface area contributed by atoms with Crippen LogP contribution in [0.3, 0.4) is 0 Å². The van der Waals surface area contributed by atoms with Gasteiger partial charge in [-0.3, -0.25) is 0 Å². The van der Waals surface area contributed by atoms with E-state index in [1.807, 2.05) is 20.8 Å². The fourth-order valence-corrected chi connectivity index (χ4v) is 1.18. The van der Waals surface area contributed by atoms with Gasteiger partial charge < -0.3 is 9.26 Å². The number of hydrogen-bond donors (Lipinski definition) is 0. The Balaban J connectivity index is 2.93. The van der Waals surface area contributed by atoms with Crippen molar-refractivity contribution >= 4 is 6.08 Å². The Kier molecular flexibility index (Phi) is 3.41. The molecular weight excluding hydrogens is 180 g/mol. The van der Waals surface area contributed by atoms with Crippen LogP contribution in [-0.4, -0.2) is 16.7 Å². The van der Waals surface area contributed by atoms with E-state index in [0.717, 1.165) is 6.42 Å². The SMILES string of the molecule is C=Cc1nc(C(C)(CC)OCC)no1. The molecule has 0 saturated heterocycles. The maximum Gasteiger partial charge on any atom is 0.250 e. The van der Waals surface area contributed by atoms with Gasteiger partial charge in [0.2, 0.25) is 11.7 Å². The molecule has 1 unspecified atom stereocenters. The molecule has 0 aliphatic rings. The van der Waals surface area contributed by atoms with Gasteiger partial charge in [-0.05, 0) is 26.3 Å². The van der Waals surface area contributed by atoms with Crippen molar-refractivity contribution in [3.8, 4) is 0 Å². The molecule has 1 aromatic heterocycles. The first kappa shape index (κ1) is 10.9. The number of nitrogens with zero attached hydrogens (tertiary/aromatic N) is 2. The molecule has 4 nitrogen and oxygen atoms in total. The van der Waals surface area contributed by atoms with Crippen LogP contribution in [0.4, 0.5) is 0 Å². The van der Waals surface area contributed by atoms with E-state index in [0.29, 0.717) is 18.3 Å². The van der Waals surface area contributed by atoms with E-state index in [4.69, 9.17) is 9.26 Å². The van der Waals surface area contributed by atoms with Gasteiger partial charge in [0.1, 0.15) is 5.60 Å². The van der Waals surface area contributed by atoms with E-state index in [1.54, 1.807) is 0 Å². The lowest BCUT2D eigenvalue weighted by atomic mass is 10.0. The Morgan fingerprint density at radius 3 is 2.71 bits per heavy atom. The predicted octanol–water partition coefficient (Wildman–Crippen LogP) is 2.37. The van der Waals surface area contributed by atoms with Crippen molar-refractivity contribution in [1.82, 2.24) is 10.1 Å². The molecule has 0 saturated carbocycles. The molecule has 0 fully saturated rings. The Morgan fingerprint density at radius 2 is 2.29 bits per heavy atom. The van der Waals surface area contributed by atoms with Crippen molar-refractivity contribution < 1.29 is 9.26 Å². The molecule has 14 heavy (non-hydrogen) atoms. The standard InChI is InChI=1S/C10H16N2O2/c1-5-8-11-9(12-14-8)10(4,6-2)13-7-3/h5H,1,6-7H2,2-4H3. The monoisotopic (exact) mass is 196 g/mol. The summed E-state index contributed by atoms with van der Waals surface area (Å²) in [6, 6.07) is 0. The Morgan fingerprint density at radius 1 is 1.57 bits per heavy atom. The molecule has 1 rings (SSSR count). The third-order valence-corrected chi connectivity index (χ3v) is 2.23. The molecule has 0 aliphatic carbocycles. The summed E-state index contributed by atoms with van der Waals surface area (Å²) in [6.07, 6.45) is 2.33. The molecule has 78 valence electrons. The smallest absolute Gasteiger partial charge is 0.250 e. The first-order valence-corrected chi connectivity index (χ1v) is 4.77. The normalized spacial score (nSPS) is 15.1. The van der Waals surface area contributed by atoms with Crippen molar-refractivity contribution in [2.24, 2.45) is 0 Å². The zero-order valence-corrected chi connectivity index (χ0v) is 8.91. The molecule has 0 bridgehead atoms. The van der Waals surface area contributed by atoms with Crippen LogP contribution in [-0.2, 0) is 10.3 Å². The van der Waals surface area contributed by atoms with Gasteiger partial charge in [0.05, 0.1) is 0 Å². The van der Waals surface area contributed by atoms with Crippen LogP contribution in [0.25, 0.3) is 6.08 Å². The van der Waals surface area contributed by atoms with Gasteiger partial charge in [-0.15, -0.1) is 0 Å². The van der Waals surface area contributed by atoms with Gasteiger partial charge in [-0.25, -0.2) is 0 Å². The molecule has 4 heteroatoms. The van der Waals surface area contributed by atoms with Crippen LogP contribution in [0.2, 0.25) is 0 Å². The second-order valence-electron chi connectivity index (χ2n) is 3.18. The largest absolute Gasteiger partial charge is 0.367 e.